The Kier molecular flexibility index (Phi) is 9.22. The van der Waals surface area contributed by atoms with Gasteiger partial charge in [0.25, 0.3) is 0 Å². The molecule has 0 aromatic carbocycles. The lowest BCUT2D eigenvalue weighted by molar-refractivity contribution is 0.781. The van der Waals surface area contributed by atoms with Gasteiger partial charge >= 0.3 is 0 Å². The smallest absolute Gasteiger partial charge is 0.153 e. The molecule has 0 bridgehead atoms. The molecule has 0 aliphatic rings. The van der Waals surface area contributed by atoms with E-state index in [1.807, 2.05) is 12.2 Å². The van der Waals surface area contributed by atoms with Gasteiger partial charge in [0.1, 0.15) is 0 Å². The van der Waals surface area contributed by atoms with Crippen molar-refractivity contribution in [3.05, 3.63) is 25.3 Å². The fourth-order valence-electron chi connectivity index (χ4n) is 1.69. The molecule has 0 aromatic heterocycles. The van der Waals surface area contributed by atoms with Gasteiger partial charge in [0.2, 0.25) is 0 Å². The fourth-order valence-corrected chi connectivity index (χ4v) is 4.72. The second kappa shape index (κ2) is 9.23. The van der Waals surface area contributed by atoms with Crippen molar-refractivity contribution in [1.29, 1.82) is 0 Å². The van der Waals surface area contributed by atoms with E-state index in [4.69, 9.17) is 11.1 Å². The van der Waals surface area contributed by atoms with Crippen LogP contribution in [0.15, 0.2) is 25.3 Å². The zero-order valence-corrected chi connectivity index (χ0v) is 11.9. The first kappa shape index (κ1) is 15.0. The number of hydrogen-bond acceptors (Lipinski definition) is 0. The summed E-state index contributed by atoms with van der Waals surface area (Å²) >= 11 is 6.58. The van der Waals surface area contributed by atoms with E-state index in [2.05, 4.69) is 19.7 Å². The van der Waals surface area contributed by atoms with Crippen LogP contribution in [0, 0.1) is 0 Å². The average molecular weight is 245 g/mol. The van der Waals surface area contributed by atoms with E-state index in [1.54, 1.807) is 0 Å². The quantitative estimate of drug-likeness (QED) is 0.206. The predicted molar refractivity (Wildman–Crippen MR) is 75.2 cm³/mol. The molecule has 0 radical (unpaired) electrons. The summed E-state index contributed by atoms with van der Waals surface area (Å²) in [5, 5.41) is 0. The van der Waals surface area contributed by atoms with Gasteiger partial charge in [-0.3, -0.25) is 0 Å². The molecule has 0 aliphatic heterocycles. The van der Waals surface area contributed by atoms with E-state index >= 15 is 0 Å². The average Bonchev–Trinajstić information content (AvgIpc) is 2.20. The van der Waals surface area contributed by atoms with Crippen molar-refractivity contribution < 1.29 is 0 Å². The van der Waals surface area contributed by atoms with Gasteiger partial charge in [-0.2, -0.15) is 11.1 Å². The highest BCUT2D eigenvalue weighted by molar-refractivity contribution is 7.19. The van der Waals surface area contributed by atoms with Crippen LogP contribution in [0.3, 0.4) is 0 Å². The standard InChI is InChI=1S/C13H25ClSi/c1-4-6-8-10-12-15(3,14)13-11-9-7-5-2/h4-5H,1-2,6-13H2,3H3. The summed E-state index contributed by atoms with van der Waals surface area (Å²) in [7, 11) is -1.40. The Bertz CT molecular complexity index is 157. The third-order valence-corrected chi connectivity index (χ3v) is 6.64. The molecule has 0 fully saturated rings. The highest BCUT2D eigenvalue weighted by Crippen LogP contribution is 2.26. The van der Waals surface area contributed by atoms with Crippen molar-refractivity contribution in [2.24, 2.45) is 0 Å². The van der Waals surface area contributed by atoms with E-state index in [-0.39, 0.29) is 0 Å². The van der Waals surface area contributed by atoms with E-state index in [1.165, 1.54) is 37.8 Å². The number of hydrogen-bond donors (Lipinski definition) is 0. The number of unbranched alkanes of at least 4 members (excludes halogenated alkanes) is 4. The van der Waals surface area contributed by atoms with Gasteiger partial charge < -0.3 is 0 Å². The summed E-state index contributed by atoms with van der Waals surface area (Å²) in [4.78, 5) is 0. The highest BCUT2D eigenvalue weighted by Gasteiger charge is 2.22. The van der Waals surface area contributed by atoms with Crippen molar-refractivity contribution in [2.45, 2.75) is 57.2 Å². The Morgan fingerprint density at radius 2 is 1.33 bits per heavy atom. The van der Waals surface area contributed by atoms with Crippen LogP contribution in [0.4, 0.5) is 0 Å². The molecule has 0 heterocycles. The second-order valence-corrected chi connectivity index (χ2v) is 11.0. The molecule has 0 saturated heterocycles. The van der Waals surface area contributed by atoms with Crippen LogP contribution < -0.4 is 0 Å². The van der Waals surface area contributed by atoms with Crippen LogP contribution in [0.2, 0.25) is 18.6 Å². The topological polar surface area (TPSA) is 0 Å². The van der Waals surface area contributed by atoms with Crippen molar-refractivity contribution in [3.63, 3.8) is 0 Å². The maximum Gasteiger partial charge on any atom is 0.153 e. The third-order valence-electron chi connectivity index (χ3n) is 2.71. The molecular weight excluding hydrogens is 220 g/mol. The SMILES string of the molecule is C=CCCCC[Si](C)(Cl)CCCCC=C. The molecule has 0 unspecified atom stereocenters. The van der Waals surface area contributed by atoms with Gasteiger partial charge in [-0.15, -0.1) is 13.2 Å². The molecule has 88 valence electrons. The van der Waals surface area contributed by atoms with Crippen LogP contribution in [0.5, 0.6) is 0 Å². The molecule has 0 N–H and O–H groups in total. The lowest BCUT2D eigenvalue weighted by atomic mass is 10.2. The molecule has 0 atom stereocenters. The largest absolute Gasteiger partial charge is 0.167 e. The Morgan fingerprint density at radius 3 is 1.67 bits per heavy atom. The molecule has 0 nitrogen and oxygen atoms in total. The predicted octanol–water partition coefficient (Wildman–Crippen LogP) is 5.51. The van der Waals surface area contributed by atoms with E-state index in [0.717, 1.165) is 12.8 Å². The first-order valence-corrected chi connectivity index (χ1v) is 9.96. The number of allylic oxidation sites excluding steroid dienone is 2. The third kappa shape index (κ3) is 10.3. The fraction of sp³-hybridized carbons (Fsp3) is 0.692. The molecule has 15 heavy (non-hydrogen) atoms. The van der Waals surface area contributed by atoms with Crippen molar-refractivity contribution in [3.8, 4) is 0 Å². The highest BCUT2D eigenvalue weighted by atomic mass is 35.6. The summed E-state index contributed by atoms with van der Waals surface area (Å²) in [6, 6.07) is 2.52. The molecule has 0 aromatic rings. The lowest BCUT2D eigenvalue weighted by Gasteiger charge is -2.18. The van der Waals surface area contributed by atoms with Crippen molar-refractivity contribution in [2.75, 3.05) is 0 Å². The number of halogens is 1. The Hall–Kier alpha value is -0.0131. The minimum atomic E-state index is -1.40. The van der Waals surface area contributed by atoms with Crippen LogP contribution in [0.1, 0.15) is 38.5 Å². The normalized spacial score (nSPS) is 11.3. The van der Waals surface area contributed by atoms with Gasteiger partial charge in [-0.05, 0) is 24.9 Å². The van der Waals surface area contributed by atoms with Gasteiger partial charge in [-0.1, -0.05) is 44.4 Å². The first-order valence-electron chi connectivity index (χ1n) is 6.03. The second-order valence-electron chi connectivity index (χ2n) is 4.48. The molecule has 0 amide bonds. The van der Waals surface area contributed by atoms with Crippen LogP contribution in [-0.4, -0.2) is 7.38 Å². The van der Waals surface area contributed by atoms with E-state index < -0.39 is 7.38 Å². The number of rotatable bonds is 10. The monoisotopic (exact) mass is 244 g/mol. The van der Waals surface area contributed by atoms with Crippen LogP contribution in [-0.2, 0) is 0 Å². The molecular formula is C13H25ClSi. The van der Waals surface area contributed by atoms with Crippen molar-refractivity contribution in [1.82, 2.24) is 0 Å². The van der Waals surface area contributed by atoms with E-state index in [9.17, 15) is 0 Å². The van der Waals surface area contributed by atoms with Gasteiger partial charge in [-0.25, -0.2) is 0 Å². The summed E-state index contributed by atoms with van der Waals surface area (Å²) in [5.41, 5.74) is 0. The van der Waals surface area contributed by atoms with Crippen LogP contribution in [0.25, 0.3) is 0 Å². The summed E-state index contributed by atoms with van der Waals surface area (Å²) in [6.45, 7) is 9.77. The van der Waals surface area contributed by atoms with E-state index in [0.29, 0.717) is 0 Å². The zero-order chi connectivity index (χ0) is 11.6. The minimum Gasteiger partial charge on any atom is -0.167 e. The molecule has 0 rings (SSSR count). The first-order chi connectivity index (χ1) is 7.12. The van der Waals surface area contributed by atoms with Gasteiger partial charge in [0, 0.05) is 0 Å². The summed E-state index contributed by atoms with van der Waals surface area (Å²) in [5.74, 6) is 0. The zero-order valence-electron chi connectivity index (χ0n) is 10.1. The molecule has 0 spiro atoms. The summed E-state index contributed by atoms with van der Waals surface area (Å²) < 4.78 is 0. The van der Waals surface area contributed by atoms with Crippen molar-refractivity contribution >= 4 is 18.5 Å². The van der Waals surface area contributed by atoms with Crippen LogP contribution >= 0.6 is 11.1 Å². The molecule has 0 aliphatic carbocycles. The maximum atomic E-state index is 6.58. The Morgan fingerprint density at radius 1 is 0.933 bits per heavy atom. The molecule has 2 heteroatoms. The van der Waals surface area contributed by atoms with Gasteiger partial charge in [0.15, 0.2) is 7.38 Å². The Labute approximate surface area is 101 Å². The minimum absolute atomic E-state index is 1.14. The lowest BCUT2D eigenvalue weighted by Crippen LogP contribution is -2.21. The van der Waals surface area contributed by atoms with Gasteiger partial charge in [0.05, 0.1) is 0 Å². The maximum absolute atomic E-state index is 6.58. The molecule has 0 saturated carbocycles. The summed E-state index contributed by atoms with van der Waals surface area (Å²) in [6.07, 6.45) is 11.3. The Balaban J connectivity index is 3.47.